The minimum absolute atomic E-state index is 0.241. The van der Waals surface area contributed by atoms with Crippen molar-refractivity contribution in [2.75, 3.05) is 13.2 Å². The minimum Gasteiger partial charge on any atom is -0.456 e. The third-order valence-electron chi connectivity index (χ3n) is 6.78. The molecule has 4 atom stereocenters. The monoisotopic (exact) mass is 515 g/mol. The number of halogens is 1. The Hall–Kier alpha value is -3.76. The molecule has 0 saturated carbocycles. The van der Waals surface area contributed by atoms with Gasteiger partial charge in [0.2, 0.25) is 0 Å². The van der Waals surface area contributed by atoms with Crippen molar-refractivity contribution in [3.8, 4) is 34.1 Å². The van der Waals surface area contributed by atoms with Crippen LogP contribution in [-0.2, 0) is 9.47 Å². The van der Waals surface area contributed by atoms with E-state index in [1.165, 1.54) is 0 Å². The summed E-state index contributed by atoms with van der Waals surface area (Å²) in [4.78, 5) is 12.3. The lowest BCUT2D eigenvalue weighted by Gasteiger charge is -2.15. The molecular weight excluding hydrogens is 494 g/mol. The molecule has 2 N–H and O–H groups in total. The summed E-state index contributed by atoms with van der Waals surface area (Å²) in [7, 11) is 0. The summed E-state index contributed by atoms with van der Waals surface area (Å²) in [6, 6.07) is 20.3. The van der Waals surface area contributed by atoms with E-state index >= 15 is 0 Å². The van der Waals surface area contributed by atoms with Gasteiger partial charge in [-0.1, -0.05) is 48.0 Å². The Labute approximate surface area is 216 Å². The van der Waals surface area contributed by atoms with Gasteiger partial charge in [0.15, 0.2) is 11.8 Å². The summed E-state index contributed by atoms with van der Waals surface area (Å²) in [6.45, 7) is 0.562. The second-order valence-corrected chi connectivity index (χ2v) is 9.53. The molecule has 9 nitrogen and oxygen atoms in total. The van der Waals surface area contributed by atoms with Crippen LogP contribution in [0.2, 0.25) is 5.02 Å². The highest BCUT2D eigenvalue weighted by Crippen LogP contribution is 2.33. The molecule has 5 aromatic rings. The molecule has 0 aliphatic carbocycles. The van der Waals surface area contributed by atoms with Gasteiger partial charge in [-0.05, 0) is 35.4 Å². The second-order valence-electron chi connectivity index (χ2n) is 9.13. The van der Waals surface area contributed by atoms with Crippen molar-refractivity contribution in [1.82, 2.24) is 24.7 Å². The number of nitrogens with zero attached hydrogens (tertiary/aromatic N) is 4. The maximum absolute atomic E-state index is 9.94. The largest absolute Gasteiger partial charge is 0.456 e. The van der Waals surface area contributed by atoms with Crippen molar-refractivity contribution < 1.29 is 19.3 Å². The molecule has 0 amide bonds. The predicted molar refractivity (Wildman–Crippen MR) is 137 cm³/mol. The van der Waals surface area contributed by atoms with E-state index in [0.717, 1.165) is 22.4 Å². The van der Waals surface area contributed by atoms with E-state index < -0.39 is 6.10 Å². The SMILES string of the molecule is OC1COC2C(Oc3nc4nc(-c5ccc(-c6ccc(-n7cccn7)cc6)cc5)c(Cl)cc4[nH]3)COC12. The van der Waals surface area contributed by atoms with E-state index in [2.05, 4.69) is 27.2 Å². The van der Waals surface area contributed by atoms with Crippen molar-refractivity contribution >= 4 is 22.8 Å². The van der Waals surface area contributed by atoms with Crippen molar-refractivity contribution in [2.45, 2.75) is 24.4 Å². The number of benzene rings is 2. The van der Waals surface area contributed by atoms with Crippen LogP contribution in [-0.4, -0.2) is 67.5 Å². The van der Waals surface area contributed by atoms with Crippen molar-refractivity contribution in [3.05, 3.63) is 78.1 Å². The number of hydrogen-bond acceptors (Lipinski definition) is 7. The van der Waals surface area contributed by atoms with Crippen LogP contribution in [0.3, 0.4) is 0 Å². The molecule has 2 saturated heterocycles. The van der Waals surface area contributed by atoms with Crippen LogP contribution in [0.1, 0.15) is 0 Å². The number of imidazole rings is 1. The molecule has 0 bridgehead atoms. The fourth-order valence-corrected chi connectivity index (χ4v) is 5.15. The first-order valence-electron chi connectivity index (χ1n) is 12.0. The number of aliphatic hydroxyl groups excluding tert-OH is 1. The molecule has 0 radical (unpaired) electrons. The number of aromatic nitrogens is 5. The molecule has 37 heavy (non-hydrogen) atoms. The van der Waals surface area contributed by atoms with Crippen LogP contribution in [0.15, 0.2) is 73.1 Å². The van der Waals surface area contributed by atoms with E-state index in [1.807, 2.05) is 53.3 Å². The molecule has 2 aliphatic heterocycles. The molecule has 10 heteroatoms. The van der Waals surface area contributed by atoms with Gasteiger partial charge >= 0.3 is 0 Å². The van der Waals surface area contributed by atoms with E-state index in [0.29, 0.717) is 34.5 Å². The van der Waals surface area contributed by atoms with Crippen LogP contribution in [0.25, 0.3) is 39.2 Å². The Balaban J connectivity index is 1.11. The Morgan fingerprint density at radius 3 is 2.43 bits per heavy atom. The lowest BCUT2D eigenvalue weighted by atomic mass is 10.0. The summed E-state index contributed by atoms with van der Waals surface area (Å²) in [5.41, 5.74) is 5.87. The van der Waals surface area contributed by atoms with Gasteiger partial charge in [-0.3, -0.25) is 0 Å². The lowest BCUT2D eigenvalue weighted by Crippen LogP contribution is -2.34. The summed E-state index contributed by atoms with van der Waals surface area (Å²) < 4.78 is 19.1. The molecule has 7 rings (SSSR count). The highest BCUT2D eigenvalue weighted by Gasteiger charge is 2.48. The number of aliphatic hydroxyl groups is 1. The highest BCUT2D eigenvalue weighted by molar-refractivity contribution is 6.33. The number of rotatable bonds is 5. The molecule has 0 spiro atoms. The number of pyridine rings is 1. The smallest absolute Gasteiger partial charge is 0.296 e. The van der Waals surface area contributed by atoms with E-state index in [4.69, 9.17) is 30.8 Å². The Morgan fingerprint density at radius 1 is 0.946 bits per heavy atom. The van der Waals surface area contributed by atoms with Gasteiger partial charge in [0.1, 0.15) is 18.3 Å². The van der Waals surface area contributed by atoms with Crippen molar-refractivity contribution in [2.24, 2.45) is 0 Å². The van der Waals surface area contributed by atoms with Gasteiger partial charge in [-0.2, -0.15) is 10.1 Å². The average Bonchev–Trinajstić information content (AvgIpc) is 3.71. The lowest BCUT2D eigenvalue weighted by molar-refractivity contribution is 0.00706. The predicted octanol–water partition coefficient (Wildman–Crippen LogP) is 4.04. The molecule has 186 valence electrons. The maximum atomic E-state index is 9.94. The van der Waals surface area contributed by atoms with E-state index in [-0.39, 0.29) is 24.9 Å². The Morgan fingerprint density at radius 2 is 1.68 bits per heavy atom. The van der Waals surface area contributed by atoms with Gasteiger partial charge < -0.3 is 24.3 Å². The highest BCUT2D eigenvalue weighted by atomic mass is 35.5. The van der Waals surface area contributed by atoms with Gasteiger partial charge in [-0.25, -0.2) is 9.67 Å². The summed E-state index contributed by atoms with van der Waals surface area (Å²) in [5.74, 6) is 0. The van der Waals surface area contributed by atoms with Crippen LogP contribution in [0, 0.1) is 0 Å². The zero-order valence-corrected chi connectivity index (χ0v) is 20.2. The molecule has 2 aliphatic rings. The van der Waals surface area contributed by atoms with Crippen LogP contribution in [0.5, 0.6) is 6.01 Å². The first-order valence-corrected chi connectivity index (χ1v) is 12.4. The molecular formula is C27H22ClN5O4. The first-order chi connectivity index (χ1) is 18.1. The summed E-state index contributed by atoms with van der Waals surface area (Å²) >= 11 is 6.60. The Bertz CT molecular complexity index is 1550. The standard InChI is InChI=1S/C27H22ClN5O4/c28-19-12-20-26(32-27(30-20)37-22-14-36-24-21(34)13-35-25(22)24)31-23(19)17-4-2-15(3-5-17)16-6-8-18(9-7-16)33-11-1-10-29-33/h1-12,21-22,24-25,34H,13-14H2,(H,30,31,32). The topological polar surface area (TPSA) is 107 Å². The van der Waals surface area contributed by atoms with Gasteiger partial charge in [0.05, 0.1) is 35.1 Å². The van der Waals surface area contributed by atoms with Crippen LogP contribution >= 0.6 is 11.6 Å². The van der Waals surface area contributed by atoms with Crippen LogP contribution < -0.4 is 4.74 Å². The average molecular weight is 516 g/mol. The van der Waals surface area contributed by atoms with Crippen molar-refractivity contribution in [3.63, 3.8) is 0 Å². The summed E-state index contributed by atoms with van der Waals surface area (Å²) in [5, 5.41) is 14.7. The number of nitrogens with one attached hydrogen (secondary N) is 1. The number of ether oxygens (including phenoxy) is 3. The number of aromatic amines is 1. The van der Waals surface area contributed by atoms with Crippen LogP contribution in [0.4, 0.5) is 0 Å². The normalized spacial score (nSPS) is 23.0. The quantitative estimate of drug-likeness (QED) is 0.364. The molecule has 4 unspecified atom stereocenters. The number of fused-ring (bicyclic) bond motifs is 2. The molecule has 3 aromatic heterocycles. The van der Waals surface area contributed by atoms with Crippen molar-refractivity contribution in [1.29, 1.82) is 0 Å². The third kappa shape index (κ3) is 4.06. The Kier molecular flexibility index (Phi) is 5.44. The van der Waals surface area contributed by atoms with Gasteiger partial charge in [0.25, 0.3) is 6.01 Å². The number of hydrogen-bond donors (Lipinski definition) is 2. The minimum atomic E-state index is -0.634. The zero-order valence-electron chi connectivity index (χ0n) is 19.5. The second kappa shape index (κ2) is 8.97. The molecule has 2 fully saturated rings. The fraction of sp³-hybridized carbons (Fsp3) is 0.222. The summed E-state index contributed by atoms with van der Waals surface area (Å²) in [6.07, 6.45) is 1.99. The van der Waals surface area contributed by atoms with Gasteiger partial charge in [0, 0.05) is 18.0 Å². The molecule has 5 heterocycles. The maximum Gasteiger partial charge on any atom is 0.296 e. The number of H-pyrrole nitrogens is 1. The third-order valence-corrected chi connectivity index (χ3v) is 7.07. The fourth-order valence-electron chi connectivity index (χ4n) is 4.89. The molecule has 2 aromatic carbocycles. The van der Waals surface area contributed by atoms with E-state index in [1.54, 1.807) is 12.3 Å². The van der Waals surface area contributed by atoms with E-state index in [9.17, 15) is 5.11 Å². The van der Waals surface area contributed by atoms with Gasteiger partial charge in [-0.15, -0.1) is 0 Å². The first kappa shape index (κ1) is 22.4. The zero-order chi connectivity index (χ0) is 24.9.